The van der Waals surface area contributed by atoms with Crippen LogP contribution in [-0.2, 0) is 0 Å². The van der Waals surface area contributed by atoms with Crippen LogP contribution in [0.25, 0.3) is 0 Å². The van der Waals surface area contributed by atoms with E-state index < -0.39 is 0 Å². The van der Waals surface area contributed by atoms with Crippen molar-refractivity contribution in [1.82, 2.24) is 4.90 Å². The van der Waals surface area contributed by atoms with E-state index in [0.717, 1.165) is 10.9 Å². The van der Waals surface area contributed by atoms with Gasteiger partial charge in [0.25, 0.3) is 11.8 Å². The SMILES string of the molecule is CCC(CCN)N1C(=O)c2ccc(Br)cc2C1=O. The maximum Gasteiger partial charge on any atom is 0.261 e. The van der Waals surface area contributed by atoms with Gasteiger partial charge in [-0.25, -0.2) is 0 Å². The molecule has 0 aliphatic carbocycles. The van der Waals surface area contributed by atoms with Gasteiger partial charge in [0, 0.05) is 10.5 Å². The third kappa shape index (κ3) is 2.08. The maximum absolute atomic E-state index is 12.3. The van der Waals surface area contributed by atoms with Crippen LogP contribution in [0.3, 0.4) is 0 Å². The molecule has 1 aromatic carbocycles. The molecule has 0 saturated heterocycles. The van der Waals surface area contributed by atoms with Gasteiger partial charge in [-0.3, -0.25) is 14.5 Å². The van der Waals surface area contributed by atoms with Gasteiger partial charge in [-0.2, -0.15) is 0 Å². The predicted molar refractivity (Wildman–Crippen MR) is 72.4 cm³/mol. The second-order valence-electron chi connectivity index (χ2n) is 4.31. The van der Waals surface area contributed by atoms with Gasteiger partial charge in [-0.15, -0.1) is 0 Å². The highest BCUT2D eigenvalue weighted by atomic mass is 79.9. The average Bonchev–Trinajstić information content (AvgIpc) is 2.59. The minimum atomic E-state index is -0.211. The van der Waals surface area contributed by atoms with Crippen molar-refractivity contribution in [1.29, 1.82) is 0 Å². The van der Waals surface area contributed by atoms with Crippen LogP contribution in [-0.4, -0.2) is 29.3 Å². The van der Waals surface area contributed by atoms with Gasteiger partial charge in [-0.05, 0) is 37.6 Å². The molecule has 0 spiro atoms. The molecular formula is C13H15BrN2O2. The van der Waals surface area contributed by atoms with E-state index in [0.29, 0.717) is 24.1 Å². The summed E-state index contributed by atoms with van der Waals surface area (Å²) in [4.78, 5) is 25.9. The normalized spacial score (nSPS) is 16.1. The number of nitrogens with zero attached hydrogens (tertiary/aromatic N) is 1. The van der Waals surface area contributed by atoms with Crippen LogP contribution in [0.1, 0.15) is 40.5 Å². The molecule has 1 aliphatic heterocycles. The van der Waals surface area contributed by atoms with Crippen molar-refractivity contribution in [2.24, 2.45) is 5.73 Å². The number of hydrogen-bond donors (Lipinski definition) is 1. The zero-order chi connectivity index (χ0) is 13.3. The molecule has 1 unspecified atom stereocenters. The topological polar surface area (TPSA) is 63.4 Å². The first-order valence-corrected chi connectivity index (χ1v) is 6.77. The number of carbonyl (C=O) groups is 2. The number of amides is 2. The zero-order valence-corrected chi connectivity index (χ0v) is 11.7. The van der Waals surface area contributed by atoms with Crippen LogP contribution in [0.2, 0.25) is 0 Å². The lowest BCUT2D eigenvalue weighted by atomic mass is 10.1. The molecule has 0 saturated carbocycles. The summed E-state index contributed by atoms with van der Waals surface area (Å²) in [5, 5.41) is 0. The summed E-state index contributed by atoms with van der Waals surface area (Å²) in [6.45, 7) is 2.43. The van der Waals surface area contributed by atoms with Crippen molar-refractivity contribution in [2.45, 2.75) is 25.8 Å². The summed E-state index contributed by atoms with van der Waals surface area (Å²) < 4.78 is 0.802. The molecular weight excluding hydrogens is 296 g/mol. The van der Waals surface area contributed by atoms with E-state index in [1.807, 2.05) is 6.92 Å². The van der Waals surface area contributed by atoms with Crippen molar-refractivity contribution in [3.05, 3.63) is 33.8 Å². The predicted octanol–water partition coefficient (Wildman–Crippen LogP) is 2.17. The number of halogens is 1. The van der Waals surface area contributed by atoms with E-state index in [1.165, 1.54) is 4.90 Å². The van der Waals surface area contributed by atoms with Gasteiger partial charge < -0.3 is 5.73 Å². The highest BCUT2D eigenvalue weighted by Crippen LogP contribution is 2.28. The summed E-state index contributed by atoms with van der Waals surface area (Å²) in [6.07, 6.45) is 1.37. The molecule has 2 rings (SSSR count). The smallest absolute Gasteiger partial charge is 0.261 e. The van der Waals surface area contributed by atoms with Crippen LogP contribution in [0, 0.1) is 0 Å². The van der Waals surface area contributed by atoms with E-state index in [-0.39, 0.29) is 17.9 Å². The van der Waals surface area contributed by atoms with Gasteiger partial charge in [0.1, 0.15) is 0 Å². The van der Waals surface area contributed by atoms with E-state index in [4.69, 9.17) is 5.73 Å². The van der Waals surface area contributed by atoms with Gasteiger partial charge in [-0.1, -0.05) is 22.9 Å². The number of fused-ring (bicyclic) bond motifs is 1. The fourth-order valence-corrected chi connectivity index (χ4v) is 2.63. The molecule has 2 N–H and O–H groups in total. The summed E-state index contributed by atoms with van der Waals surface area (Å²) >= 11 is 3.32. The molecule has 0 bridgehead atoms. The van der Waals surface area contributed by atoms with Crippen molar-refractivity contribution in [3.8, 4) is 0 Å². The highest BCUT2D eigenvalue weighted by molar-refractivity contribution is 9.10. The lowest BCUT2D eigenvalue weighted by Crippen LogP contribution is -2.40. The van der Waals surface area contributed by atoms with Gasteiger partial charge >= 0.3 is 0 Å². The number of carbonyl (C=O) groups excluding carboxylic acids is 2. The Morgan fingerprint density at radius 3 is 2.56 bits per heavy atom. The molecule has 4 nitrogen and oxygen atoms in total. The molecule has 96 valence electrons. The lowest BCUT2D eigenvalue weighted by Gasteiger charge is -2.24. The number of imide groups is 1. The summed E-state index contributed by atoms with van der Waals surface area (Å²) in [6, 6.07) is 5.05. The molecule has 1 aliphatic rings. The molecule has 1 aromatic rings. The summed E-state index contributed by atoms with van der Waals surface area (Å²) in [7, 11) is 0. The third-order valence-corrected chi connectivity index (χ3v) is 3.71. The molecule has 2 amide bonds. The molecule has 0 radical (unpaired) electrons. The Morgan fingerprint density at radius 1 is 1.28 bits per heavy atom. The maximum atomic E-state index is 12.3. The Morgan fingerprint density at radius 2 is 1.94 bits per heavy atom. The number of hydrogen-bond acceptors (Lipinski definition) is 3. The standard InChI is InChI=1S/C13H15BrN2O2/c1-2-9(5-6-15)16-12(17)10-4-3-8(14)7-11(10)13(16)18/h3-4,7,9H,2,5-6,15H2,1H3. The van der Waals surface area contributed by atoms with Crippen molar-refractivity contribution in [2.75, 3.05) is 6.54 Å². The van der Waals surface area contributed by atoms with Crippen molar-refractivity contribution >= 4 is 27.7 Å². The van der Waals surface area contributed by atoms with E-state index in [9.17, 15) is 9.59 Å². The van der Waals surface area contributed by atoms with Crippen LogP contribution in [0.5, 0.6) is 0 Å². The monoisotopic (exact) mass is 310 g/mol. The fraction of sp³-hybridized carbons (Fsp3) is 0.385. The highest BCUT2D eigenvalue weighted by Gasteiger charge is 2.38. The molecule has 0 aromatic heterocycles. The Labute approximate surface area is 114 Å². The van der Waals surface area contributed by atoms with Gasteiger partial charge in [0.2, 0.25) is 0 Å². The Hall–Kier alpha value is -1.20. The van der Waals surface area contributed by atoms with Crippen molar-refractivity contribution in [3.63, 3.8) is 0 Å². The first-order chi connectivity index (χ1) is 8.60. The average molecular weight is 311 g/mol. The van der Waals surface area contributed by atoms with E-state index >= 15 is 0 Å². The second kappa shape index (κ2) is 5.20. The third-order valence-electron chi connectivity index (χ3n) is 3.22. The molecule has 5 heteroatoms. The molecule has 1 heterocycles. The van der Waals surface area contributed by atoms with Gasteiger partial charge in [0.05, 0.1) is 11.1 Å². The summed E-state index contributed by atoms with van der Waals surface area (Å²) in [5.74, 6) is -0.417. The largest absolute Gasteiger partial charge is 0.330 e. The van der Waals surface area contributed by atoms with Crippen LogP contribution >= 0.6 is 15.9 Å². The Balaban J connectivity index is 2.38. The number of benzene rings is 1. The van der Waals surface area contributed by atoms with Crippen LogP contribution in [0.15, 0.2) is 22.7 Å². The Kier molecular flexibility index (Phi) is 3.82. The quantitative estimate of drug-likeness (QED) is 0.867. The number of nitrogens with two attached hydrogens (primary N) is 1. The molecule has 1 atom stereocenters. The molecule has 0 fully saturated rings. The van der Waals surface area contributed by atoms with Crippen LogP contribution < -0.4 is 5.73 Å². The van der Waals surface area contributed by atoms with Crippen molar-refractivity contribution < 1.29 is 9.59 Å². The molecule has 18 heavy (non-hydrogen) atoms. The minimum Gasteiger partial charge on any atom is -0.330 e. The first kappa shape index (κ1) is 13.2. The van der Waals surface area contributed by atoms with E-state index in [2.05, 4.69) is 15.9 Å². The van der Waals surface area contributed by atoms with E-state index in [1.54, 1.807) is 18.2 Å². The number of rotatable bonds is 4. The minimum absolute atomic E-state index is 0.110. The Bertz CT molecular complexity index is 502. The first-order valence-electron chi connectivity index (χ1n) is 5.97. The van der Waals surface area contributed by atoms with Gasteiger partial charge in [0.15, 0.2) is 0 Å². The zero-order valence-electron chi connectivity index (χ0n) is 10.1. The fourth-order valence-electron chi connectivity index (χ4n) is 2.27. The second-order valence-corrected chi connectivity index (χ2v) is 5.23. The summed E-state index contributed by atoms with van der Waals surface area (Å²) in [5.41, 5.74) is 6.50. The lowest BCUT2D eigenvalue weighted by molar-refractivity contribution is 0.0574. The van der Waals surface area contributed by atoms with Crippen LogP contribution in [0.4, 0.5) is 0 Å².